The summed E-state index contributed by atoms with van der Waals surface area (Å²) in [6.07, 6.45) is 6.61. The molecule has 1 N–H and O–H groups in total. The van der Waals surface area contributed by atoms with Gasteiger partial charge < -0.3 is 5.32 Å². The van der Waals surface area contributed by atoms with Crippen LogP contribution >= 0.6 is 15.9 Å². The van der Waals surface area contributed by atoms with Crippen LogP contribution in [0.15, 0.2) is 22.7 Å². The lowest BCUT2D eigenvalue weighted by molar-refractivity contribution is 0.313. The molecule has 0 aliphatic heterocycles. The van der Waals surface area contributed by atoms with Crippen LogP contribution in [0.25, 0.3) is 0 Å². The van der Waals surface area contributed by atoms with Crippen LogP contribution in [-0.4, -0.2) is 6.04 Å². The topological polar surface area (TPSA) is 12.0 Å². The Kier molecular flexibility index (Phi) is 4.37. The summed E-state index contributed by atoms with van der Waals surface area (Å²) in [6.45, 7) is 6.93. The van der Waals surface area contributed by atoms with Gasteiger partial charge in [-0.15, -0.1) is 0 Å². The Hall–Kier alpha value is -0.500. The van der Waals surface area contributed by atoms with E-state index in [1.54, 1.807) is 0 Å². The molecule has 1 aliphatic rings. The number of nitrogens with one attached hydrogen (secondary N) is 1. The molecule has 1 unspecified atom stereocenters. The zero-order valence-corrected chi connectivity index (χ0v) is 13.3. The number of hydrogen-bond acceptors (Lipinski definition) is 1. The normalized spacial score (nSPS) is 23.4. The van der Waals surface area contributed by atoms with Gasteiger partial charge in [-0.25, -0.2) is 0 Å². The summed E-state index contributed by atoms with van der Waals surface area (Å²) >= 11 is 3.65. The van der Waals surface area contributed by atoms with Gasteiger partial charge in [-0.3, -0.25) is 0 Å². The Labute approximate surface area is 119 Å². The molecule has 0 aromatic heterocycles. The van der Waals surface area contributed by atoms with Crippen LogP contribution in [0, 0.1) is 12.3 Å². The van der Waals surface area contributed by atoms with E-state index in [4.69, 9.17) is 0 Å². The first-order chi connectivity index (χ1) is 8.46. The molecular weight excluding hydrogens is 286 g/mol. The van der Waals surface area contributed by atoms with Gasteiger partial charge in [0.25, 0.3) is 0 Å². The monoisotopic (exact) mass is 309 g/mol. The summed E-state index contributed by atoms with van der Waals surface area (Å²) in [5, 5.41) is 3.71. The maximum absolute atomic E-state index is 3.71. The molecule has 1 aromatic rings. The third-order valence-electron chi connectivity index (χ3n) is 4.06. The van der Waals surface area contributed by atoms with Crippen molar-refractivity contribution in [3.8, 4) is 0 Å². The fourth-order valence-electron chi connectivity index (χ4n) is 2.76. The van der Waals surface area contributed by atoms with Gasteiger partial charge in [-0.05, 0) is 71.6 Å². The second-order valence-corrected chi connectivity index (χ2v) is 7.27. The molecule has 2 rings (SSSR count). The first kappa shape index (κ1) is 13.9. The van der Waals surface area contributed by atoms with Gasteiger partial charge in [-0.1, -0.05) is 26.3 Å². The summed E-state index contributed by atoms with van der Waals surface area (Å²) in [7, 11) is 0. The second kappa shape index (κ2) is 5.64. The fourth-order valence-corrected chi connectivity index (χ4v) is 3.37. The molecule has 0 bridgehead atoms. The molecule has 1 saturated carbocycles. The van der Waals surface area contributed by atoms with Crippen LogP contribution in [-0.2, 0) is 0 Å². The van der Waals surface area contributed by atoms with Crippen molar-refractivity contribution in [1.29, 1.82) is 0 Å². The van der Waals surface area contributed by atoms with Crippen molar-refractivity contribution < 1.29 is 0 Å². The first-order valence-corrected chi connectivity index (χ1v) is 7.78. The Morgan fingerprint density at radius 1 is 1.22 bits per heavy atom. The average molecular weight is 310 g/mol. The van der Waals surface area contributed by atoms with Gasteiger partial charge in [-0.2, -0.15) is 0 Å². The Bertz CT molecular complexity index is 412. The van der Waals surface area contributed by atoms with Crippen LogP contribution in [0.1, 0.15) is 51.5 Å². The van der Waals surface area contributed by atoms with Gasteiger partial charge in [0.15, 0.2) is 0 Å². The SMILES string of the molecule is Cc1ccc(NC2CCCC(C)(C)CC2)c(Br)c1. The number of rotatable bonds is 2. The van der Waals surface area contributed by atoms with Gasteiger partial charge in [0.05, 0.1) is 0 Å². The minimum Gasteiger partial charge on any atom is -0.381 e. The maximum atomic E-state index is 3.71. The fraction of sp³-hybridized carbons (Fsp3) is 0.625. The highest BCUT2D eigenvalue weighted by molar-refractivity contribution is 9.10. The van der Waals surface area contributed by atoms with Crippen LogP contribution in [0.2, 0.25) is 0 Å². The third kappa shape index (κ3) is 3.74. The summed E-state index contributed by atoms with van der Waals surface area (Å²) in [5.74, 6) is 0. The number of benzene rings is 1. The molecule has 0 radical (unpaired) electrons. The van der Waals surface area contributed by atoms with Crippen molar-refractivity contribution in [2.45, 2.75) is 58.9 Å². The Balaban J connectivity index is 2.01. The van der Waals surface area contributed by atoms with Crippen molar-refractivity contribution in [1.82, 2.24) is 0 Å². The van der Waals surface area contributed by atoms with E-state index in [1.165, 1.54) is 47.8 Å². The number of hydrogen-bond donors (Lipinski definition) is 1. The van der Waals surface area contributed by atoms with E-state index in [9.17, 15) is 0 Å². The summed E-state index contributed by atoms with van der Waals surface area (Å²) in [4.78, 5) is 0. The van der Waals surface area contributed by atoms with Gasteiger partial charge in [0, 0.05) is 16.2 Å². The number of anilines is 1. The maximum Gasteiger partial charge on any atom is 0.0486 e. The highest BCUT2D eigenvalue weighted by atomic mass is 79.9. The predicted octanol–water partition coefficient (Wildman–Crippen LogP) is 5.53. The standard InChI is InChI=1S/C16H24BrN/c1-12-6-7-15(14(17)11-12)18-13-5-4-9-16(2,3)10-8-13/h6-7,11,13,18H,4-5,8-10H2,1-3H3. The Morgan fingerprint density at radius 3 is 2.72 bits per heavy atom. The lowest BCUT2D eigenvalue weighted by atomic mass is 9.85. The lowest BCUT2D eigenvalue weighted by Crippen LogP contribution is -2.19. The van der Waals surface area contributed by atoms with Crippen molar-refractivity contribution in [2.75, 3.05) is 5.32 Å². The molecule has 18 heavy (non-hydrogen) atoms. The minimum absolute atomic E-state index is 0.529. The molecule has 1 aliphatic carbocycles. The lowest BCUT2D eigenvalue weighted by Gasteiger charge is -2.22. The van der Waals surface area contributed by atoms with E-state index in [1.807, 2.05) is 0 Å². The molecule has 2 heteroatoms. The highest BCUT2D eigenvalue weighted by Crippen LogP contribution is 2.35. The van der Waals surface area contributed by atoms with Gasteiger partial charge >= 0.3 is 0 Å². The molecule has 0 spiro atoms. The van der Waals surface area contributed by atoms with Crippen molar-refractivity contribution >= 4 is 21.6 Å². The van der Waals surface area contributed by atoms with E-state index in [0.717, 1.165) is 0 Å². The van der Waals surface area contributed by atoms with Crippen LogP contribution in [0.4, 0.5) is 5.69 Å². The molecular formula is C16H24BrN. The van der Waals surface area contributed by atoms with E-state index in [0.29, 0.717) is 11.5 Å². The molecule has 0 heterocycles. The zero-order valence-electron chi connectivity index (χ0n) is 11.7. The first-order valence-electron chi connectivity index (χ1n) is 6.99. The second-order valence-electron chi connectivity index (χ2n) is 6.42. The molecule has 0 saturated heterocycles. The highest BCUT2D eigenvalue weighted by Gasteiger charge is 2.24. The molecule has 1 nitrogen and oxygen atoms in total. The summed E-state index contributed by atoms with van der Waals surface area (Å²) < 4.78 is 1.19. The Morgan fingerprint density at radius 2 is 2.00 bits per heavy atom. The van der Waals surface area contributed by atoms with Crippen LogP contribution < -0.4 is 5.32 Å². The van der Waals surface area contributed by atoms with Crippen molar-refractivity contribution in [3.05, 3.63) is 28.2 Å². The van der Waals surface area contributed by atoms with Crippen molar-refractivity contribution in [2.24, 2.45) is 5.41 Å². The van der Waals surface area contributed by atoms with Crippen molar-refractivity contribution in [3.63, 3.8) is 0 Å². The molecule has 100 valence electrons. The number of aryl methyl sites for hydroxylation is 1. The van der Waals surface area contributed by atoms with E-state index in [2.05, 4.69) is 60.2 Å². The zero-order chi connectivity index (χ0) is 13.2. The minimum atomic E-state index is 0.529. The van der Waals surface area contributed by atoms with Gasteiger partial charge in [0.1, 0.15) is 0 Å². The van der Waals surface area contributed by atoms with Crippen LogP contribution in [0.3, 0.4) is 0 Å². The van der Waals surface area contributed by atoms with Crippen LogP contribution in [0.5, 0.6) is 0 Å². The molecule has 1 aromatic carbocycles. The average Bonchev–Trinajstić information content (AvgIpc) is 2.44. The predicted molar refractivity (Wildman–Crippen MR) is 83.2 cm³/mol. The number of halogens is 1. The quantitative estimate of drug-likeness (QED) is 0.708. The smallest absolute Gasteiger partial charge is 0.0486 e. The summed E-state index contributed by atoms with van der Waals surface area (Å²) in [5.41, 5.74) is 3.07. The van der Waals surface area contributed by atoms with Gasteiger partial charge in [0.2, 0.25) is 0 Å². The van der Waals surface area contributed by atoms with E-state index in [-0.39, 0.29) is 0 Å². The summed E-state index contributed by atoms with van der Waals surface area (Å²) in [6, 6.07) is 7.18. The third-order valence-corrected chi connectivity index (χ3v) is 4.72. The van der Waals surface area contributed by atoms with E-state index >= 15 is 0 Å². The molecule has 1 fully saturated rings. The van der Waals surface area contributed by atoms with E-state index < -0.39 is 0 Å². The largest absolute Gasteiger partial charge is 0.381 e. The molecule has 1 atom stereocenters. The molecule has 0 amide bonds.